The summed E-state index contributed by atoms with van der Waals surface area (Å²) in [5.41, 5.74) is -0.103. The molecule has 0 radical (unpaired) electrons. The molecule has 0 spiro atoms. The first-order valence-corrected chi connectivity index (χ1v) is 5.67. The average Bonchev–Trinajstić information content (AvgIpc) is 2.31. The molecule has 94 valence electrons. The maximum atomic E-state index is 12.9. The van der Waals surface area contributed by atoms with E-state index in [1.54, 1.807) is 0 Å². The van der Waals surface area contributed by atoms with Crippen LogP contribution in [0.1, 0.15) is 43.5 Å². The molecule has 17 heavy (non-hydrogen) atoms. The quantitative estimate of drug-likeness (QED) is 0.562. The molecule has 0 fully saturated rings. The molecule has 0 N–H and O–H groups in total. The number of benzene rings is 1. The third-order valence-electron chi connectivity index (χ3n) is 2.93. The van der Waals surface area contributed by atoms with E-state index in [1.165, 1.54) is 0 Å². The van der Waals surface area contributed by atoms with Crippen LogP contribution in [0.4, 0.5) is 13.2 Å². The molecular formula is C13H15F3O. The molecule has 0 unspecified atom stereocenters. The second-order valence-corrected chi connectivity index (χ2v) is 4.06. The summed E-state index contributed by atoms with van der Waals surface area (Å²) in [6.07, 6.45) is 1.89. The highest BCUT2D eigenvalue weighted by Crippen LogP contribution is 2.19. The lowest BCUT2D eigenvalue weighted by molar-refractivity contribution is 0.0957. The van der Waals surface area contributed by atoms with Gasteiger partial charge in [-0.2, -0.15) is 0 Å². The van der Waals surface area contributed by atoms with Crippen molar-refractivity contribution in [2.24, 2.45) is 5.92 Å². The van der Waals surface area contributed by atoms with Gasteiger partial charge in [0.15, 0.2) is 23.2 Å². The van der Waals surface area contributed by atoms with Gasteiger partial charge < -0.3 is 0 Å². The third kappa shape index (κ3) is 3.32. The Morgan fingerprint density at radius 1 is 1.12 bits per heavy atom. The third-order valence-corrected chi connectivity index (χ3v) is 2.93. The summed E-state index contributed by atoms with van der Waals surface area (Å²) in [6, 6.07) is 1.51. The molecule has 1 aromatic rings. The summed E-state index contributed by atoms with van der Waals surface area (Å²) >= 11 is 0. The highest BCUT2D eigenvalue weighted by molar-refractivity contribution is 5.96. The Labute approximate surface area is 98.6 Å². The average molecular weight is 244 g/mol. The van der Waals surface area contributed by atoms with E-state index in [-0.39, 0.29) is 23.7 Å². The van der Waals surface area contributed by atoms with E-state index in [2.05, 4.69) is 0 Å². The number of hydrogen-bond acceptors (Lipinski definition) is 1. The van der Waals surface area contributed by atoms with E-state index >= 15 is 0 Å². The van der Waals surface area contributed by atoms with Crippen molar-refractivity contribution in [1.29, 1.82) is 0 Å². The van der Waals surface area contributed by atoms with Gasteiger partial charge in [-0.05, 0) is 18.1 Å². The van der Waals surface area contributed by atoms with Crippen molar-refractivity contribution in [2.45, 2.75) is 33.1 Å². The van der Waals surface area contributed by atoms with E-state index in [0.717, 1.165) is 25.0 Å². The maximum absolute atomic E-state index is 12.9. The zero-order valence-electron chi connectivity index (χ0n) is 9.90. The van der Waals surface area contributed by atoms with Crippen LogP contribution in [0.5, 0.6) is 0 Å². The van der Waals surface area contributed by atoms with Crippen LogP contribution in [0.2, 0.25) is 0 Å². The first-order valence-electron chi connectivity index (χ1n) is 5.67. The van der Waals surface area contributed by atoms with E-state index in [0.29, 0.717) is 0 Å². The van der Waals surface area contributed by atoms with Gasteiger partial charge in [-0.25, -0.2) is 13.2 Å². The zero-order valence-corrected chi connectivity index (χ0v) is 9.90. The minimum Gasteiger partial charge on any atom is -0.294 e. The number of halogens is 3. The Bertz CT molecular complexity index is 388. The predicted octanol–water partition coefficient (Wildman–Crippen LogP) is 4.11. The molecule has 0 aliphatic rings. The zero-order chi connectivity index (χ0) is 13.0. The molecule has 0 amide bonds. The molecule has 0 heterocycles. The number of carbonyl (C=O) groups excluding carboxylic acids is 1. The normalized spacial score (nSPS) is 10.9. The number of hydrogen-bond donors (Lipinski definition) is 0. The highest BCUT2D eigenvalue weighted by Gasteiger charge is 2.17. The van der Waals surface area contributed by atoms with Crippen molar-refractivity contribution < 1.29 is 18.0 Å². The minimum atomic E-state index is -1.54. The second-order valence-electron chi connectivity index (χ2n) is 4.06. The summed E-state index contributed by atoms with van der Waals surface area (Å²) in [5, 5.41) is 0. The summed E-state index contributed by atoms with van der Waals surface area (Å²) in [4.78, 5) is 11.7. The van der Waals surface area contributed by atoms with Crippen LogP contribution >= 0.6 is 0 Å². The van der Waals surface area contributed by atoms with Gasteiger partial charge in [0.1, 0.15) is 0 Å². The summed E-state index contributed by atoms with van der Waals surface area (Å²) in [6.45, 7) is 3.90. The van der Waals surface area contributed by atoms with E-state index < -0.39 is 17.5 Å². The van der Waals surface area contributed by atoms with Crippen molar-refractivity contribution in [3.05, 3.63) is 35.1 Å². The maximum Gasteiger partial charge on any atom is 0.194 e. The molecule has 0 atom stereocenters. The molecule has 0 bridgehead atoms. The SMILES string of the molecule is CCC(CC)CC(=O)c1cc(F)c(F)c(F)c1. The Kier molecular flexibility index (Phi) is 4.73. The Balaban J connectivity index is 2.90. The fraction of sp³-hybridized carbons (Fsp3) is 0.462. The van der Waals surface area contributed by atoms with Crippen LogP contribution in [-0.2, 0) is 0 Å². The molecule has 1 rings (SSSR count). The van der Waals surface area contributed by atoms with Gasteiger partial charge in [0.05, 0.1) is 0 Å². The second kappa shape index (κ2) is 5.84. The number of rotatable bonds is 5. The Morgan fingerprint density at radius 2 is 1.59 bits per heavy atom. The fourth-order valence-electron chi connectivity index (χ4n) is 1.67. The molecule has 0 saturated carbocycles. The number of Topliss-reactive ketones (excluding diaryl/α,β-unsaturated/α-hetero) is 1. The standard InChI is InChI=1S/C13H15F3O/c1-3-8(4-2)5-12(17)9-6-10(14)13(16)11(15)7-9/h6-8H,3-5H2,1-2H3. The van der Waals surface area contributed by atoms with Crippen LogP contribution < -0.4 is 0 Å². The highest BCUT2D eigenvalue weighted by atomic mass is 19.2. The van der Waals surface area contributed by atoms with Crippen molar-refractivity contribution in [2.75, 3.05) is 0 Å². The predicted molar refractivity (Wildman–Crippen MR) is 59.3 cm³/mol. The topological polar surface area (TPSA) is 17.1 Å². The molecular weight excluding hydrogens is 229 g/mol. The lowest BCUT2D eigenvalue weighted by atomic mass is 9.94. The van der Waals surface area contributed by atoms with Gasteiger partial charge in [-0.1, -0.05) is 26.7 Å². The van der Waals surface area contributed by atoms with Crippen molar-refractivity contribution >= 4 is 5.78 Å². The fourth-order valence-corrected chi connectivity index (χ4v) is 1.67. The van der Waals surface area contributed by atoms with Crippen LogP contribution in [0.25, 0.3) is 0 Å². The molecule has 0 aliphatic carbocycles. The van der Waals surface area contributed by atoms with Crippen LogP contribution in [-0.4, -0.2) is 5.78 Å². The molecule has 4 heteroatoms. The van der Waals surface area contributed by atoms with Gasteiger partial charge in [0.2, 0.25) is 0 Å². The number of carbonyl (C=O) groups is 1. The summed E-state index contributed by atoms with van der Waals surface area (Å²) in [7, 11) is 0. The van der Waals surface area contributed by atoms with Crippen molar-refractivity contribution in [3.8, 4) is 0 Å². The molecule has 1 aromatic carbocycles. The molecule has 0 aliphatic heterocycles. The van der Waals surface area contributed by atoms with Crippen molar-refractivity contribution in [1.82, 2.24) is 0 Å². The lowest BCUT2D eigenvalue weighted by Gasteiger charge is -2.11. The van der Waals surface area contributed by atoms with Gasteiger partial charge in [-0.3, -0.25) is 4.79 Å². The van der Waals surface area contributed by atoms with Crippen LogP contribution in [0.15, 0.2) is 12.1 Å². The van der Waals surface area contributed by atoms with Gasteiger partial charge in [0.25, 0.3) is 0 Å². The Morgan fingerprint density at radius 3 is 2.00 bits per heavy atom. The van der Waals surface area contributed by atoms with Crippen molar-refractivity contribution in [3.63, 3.8) is 0 Å². The van der Waals surface area contributed by atoms with E-state index in [4.69, 9.17) is 0 Å². The van der Waals surface area contributed by atoms with Gasteiger partial charge in [-0.15, -0.1) is 0 Å². The monoisotopic (exact) mass is 244 g/mol. The smallest absolute Gasteiger partial charge is 0.194 e. The molecule has 1 nitrogen and oxygen atoms in total. The van der Waals surface area contributed by atoms with Crippen LogP contribution in [0.3, 0.4) is 0 Å². The van der Waals surface area contributed by atoms with E-state index in [9.17, 15) is 18.0 Å². The lowest BCUT2D eigenvalue weighted by Crippen LogP contribution is -2.09. The Hall–Kier alpha value is -1.32. The minimum absolute atomic E-state index is 0.103. The van der Waals surface area contributed by atoms with Crippen LogP contribution in [0, 0.1) is 23.4 Å². The number of ketones is 1. The molecule has 0 saturated heterocycles. The largest absolute Gasteiger partial charge is 0.294 e. The van der Waals surface area contributed by atoms with Gasteiger partial charge in [0, 0.05) is 12.0 Å². The first-order chi connectivity index (χ1) is 7.99. The first kappa shape index (κ1) is 13.7. The summed E-state index contributed by atoms with van der Waals surface area (Å²) < 4.78 is 38.6. The van der Waals surface area contributed by atoms with Gasteiger partial charge >= 0.3 is 0 Å². The summed E-state index contributed by atoms with van der Waals surface area (Å²) in [5.74, 6) is -4.34. The van der Waals surface area contributed by atoms with E-state index in [1.807, 2.05) is 13.8 Å². The molecule has 0 aromatic heterocycles.